The average molecular weight is 211 g/mol. The van der Waals surface area contributed by atoms with Crippen molar-refractivity contribution < 1.29 is 14.3 Å². The number of nitrogens with zero attached hydrogens (tertiary/aromatic N) is 1. The molecule has 0 spiro atoms. The Morgan fingerprint density at radius 2 is 2.07 bits per heavy atom. The van der Waals surface area contributed by atoms with Crippen LogP contribution in [0.3, 0.4) is 0 Å². The second-order valence-corrected chi connectivity index (χ2v) is 3.64. The smallest absolute Gasteiger partial charge is 0.311 e. The molecule has 84 valence electrons. The number of carboxylic acids is 1. The van der Waals surface area contributed by atoms with Crippen molar-refractivity contribution in [2.75, 3.05) is 0 Å². The minimum Gasteiger partial charge on any atom is -0.481 e. The summed E-state index contributed by atoms with van der Waals surface area (Å²) in [6.45, 7) is 5.93. The van der Waals surface area contributed by atoms with Gasteiger partial charge >= 0.3 is 5.97 Å². The van der Waals surface area contributed by atoms with E-state index in [1.54, 1.807) is 6.92 Å². The molecule has 0 aliphatic rings. The van der Waals surface area contributed by atoms with Crippen molar-refractivity contribution in [3.05, 3.63) is 17.3 Å². The number of rotatable bonds is 5. The highest BCUT2D eigenvalue weighted by Crippen LogP contribution is 2.24. The summed E-state index contributed by atoms with van der Waals surface area (Å²) in [5, 5.41) is 8.67. The molecule has 0 fully saturated rings. The molecule has 0 radical (unpaired) electrons. The zero-order chi connectivity index (χ0) is 11.4. The zero-order valence-electron chi connectivity index (χ0n) is 9.41. The number of aryl methyl sites for hydroxylation is 1. The minimum atomic E-state index is -0.884. The maximum atomic E-state index is 10.6. The van der Waals surface area contributed by atoms with E-state index < -0.39 is 5.97 Å². The topological polar surface area (TPSA) is 63.3 Å². The van der Waals surface area contributed by atoms with Gasteiger partial charge in [-0.15, -0.1) is 0 Å². The highest BCUT2D eigenvalue weighted by molar-refractivity contribution is 5.69. The molecule has 1 aromatic rings. The first-order valence-corrected chi connectivity index (χ1v) is 5.26. The van der Waals surface area contributed by atoms with Gasteiger partial charge in [0.05, 0.1) is 5.69 Å². The summed E-state index contributed by atoms with van der Waals surface area (Å²) in [7, 11) is 0. The number of hydrogen-bond donors (Lipinski definition) is 1. The highest BCUT2D eigenvalue weighted by atomic mass is 16.4. The van der Waals surface area contributed by atoms with E-state index in [9.17, 15) is 4.79 Å². The van der Waals surface area contributed by atoms with Crippen LogP contribution in [0.5, 0.6) is 0 Å². The van der Waals surface area contributed by atoms with Gasteiger partial charge in [0, 0.05) is 5.92 Å². The van der Waals surface area contributed by atoms with Gasteiger partial charge in [-0.25, -0.2) is 4.98 Å². The van der Waals surface area contributed by atoms with Crippen LogP contribution in [0.1, 0.15) is 50.0 Å². The maximum absolute atomic E-state index is 10.6. The summed E-state index contributed by atoms with van der Waals surface area (Å²) >= 11 is 0. The monoisotopic (exact) mass is 211 g/mol. The van der Waals surface area contributed by atoms with Crippen molar-refractivity contribution in [3.63, 3.8) is 0 Å². The summed E-state index contributed by atoms with van der Waals surface area (Å²) < 4.78 is 5.48. The summed E-state index contributed by atoms with van der Waals surface area (Å²) in [6.07, 6.45) is 1.84. The fourth-order valence-electron chi connectivity index (χ4n) is 1.56. The molecule has 4 nitrogen and oxygen atoms in total. The molecule has 15 heavy (non-hydrogen) atoms. The SMILES string of the molecule is CCC(CC)c1nc(C)c(CC(=O)O)o1. The van der Waals surface area contributed by atoms with Crippen molar-refractivity contribution in [2.45, 2.75) is 46.0 Å². The van der Waals surface area contributed by atoms with E-state index in [2.05, 4.69) is 18.8 Å². The van der Waals surface area contributed by atoms with E-state index in [0.717, 1.165) is 12.8 Å². The van der Waals surface area contributed by atoms with Crippen molar-refractivity contribution in [2.24, 2.45) is 0 Å². The molecule has 0 saturated heterocycles. The lowest BCUT2D eigenvalue weighted by atomic mass is 10.0. The Bertz CT molecular complexity index is 340. The second-order valence-electron chi connectivity index (χ2n) is 3.64. The second kappa shape index (κ2) is 4.96. The summed E-state index contributed by atoms with van der Waals surface area (Å²) in [4.78, 5) is 14.8. The fraction of sp³-hybridized carbons (Fsp3) is 0.636. The van der Waals surface area contributed by atoms with Gasteiger partial charge in [-0.05, 0) is 19.8 Å². The van der Waals surface area contributed by atoms with Crippen LogP contribution >= 0.6 is 0 Å². The molecule has 0 atom stereocenters. The van der Waals surface area contributed by atoms with Crippen LogP contribution in [0.4, 0.5) is 0 Å². The van der Waals surface area contributed by atoms with Crippen LogP contribution in [-0.2, 0) is 11.2 Å². The number of aliphatic carboxylic acids is 1. The third-order valence-corrected chi connectivity index (χ3v) is 2.56. The van der Waals surface area contributed by atoms with Gasteiger partial charge in [0.25, 0.3) is 0 Å². The first-order chi connectivity index (χ1) is 7.08. The molecule has 0 aliphatic heterocycles. The Labute approximate surface area is 89.3 Å². The predicted octanol–water partition coefficient (Wildman–Crippen LogP) is 2.51. The van der Waals surface area contributed by atoms with Gasteiger partial charge in [-0.3, -0.25) is 4.79 Å². The van der Waals surface area contributed by atoms with Gasteiger partial charge < -0.3 is 9.52 Å². The molecule has 0 amide bonds. The molecule has 1 aromatic heterocycles. The molecule has 0 aliphatic carbocycles. The normalized spacial score (nSPS) is 10.9. The van der Waals surface area contributed by atoms with Crippen LogP contribution in [0.25, 0.3) is 0 Å². The van der Waals surface area contributed by atoms with Crippen molar-refractivity contribution in [1.82, 2.24) is 4.98 Å². The standard InChI is InChI=1S/C11H17NO3/c1-4-8(5-2)11-12-7(3)9(15-11)6-10(13)14/h8H,4-6H2,1-3H3,(H,13,14). The molecule has 1 rings (SSSR count). The summed E-state index contributed by atoms with van der Waals surface area (Å²) in [5.41, 5.74) is 0.694. The Kier molecular flexibility index (Phi) is 3.88. The molecule has 0 saturated carbocycles. The number of hydrogen-bond acceptors (Lipinski definition) is 3. The minimum absolute atomic E-state index is 0.0843. The molecule has 0 aromatic carbocycles. The lowest BCUT2D eigenvalue weighted by molar-refractivity contribution is -0.136. The molecule has 1 heterocycles. The number of carboxylic acid groups (broad SMARTS) is 1. The van der Waals surface area contributed by atoms with Crippen LogP contribution in [-0.4, -0.2) is 16.1 Å². The van der Waals surface area contributed by atoms with Crippen LogP contribution < -0.4 is 0 Å². The van der Waals surface area contributed by atoms with Crippen LogP contribution in [0, 0.1) is 6.92 Å². The molecule has 0 unspecified atom stereocenters. The third-order valence-electron chi connectivity index (χ3n) is 2.56. The average Bonchev–Trinajstić information content (AvgIpc) is 2.49. The Hall–Kier alpha value is -1.32. The maximum Gasteiger partial charge on any atom is 0.311 e. The van der Waals surface area contributed by atoms with E-state index in [1.807, 2.05) is 0 Å². The van der Waals surface area contributed by atoms with E-state index in [4.69, 9.17) is 9.52 Å². The van der Waals surface area contributed by atoms with E-state index >= 15 is 0 Å². The Balaban J connectivity index is 2.88. The fourth-order valence-corrected chi connectivity index (χ4v) is 1.56. The van der Waals surface area contributed by atoms with E-state index in [1.165, 1.54) is 0 Å². The van der Waals surface area contributed by atoms with Gasteiger partial charge in [-0.1, -0.05) is 13.8 Å². The van der Waals surface area contributed by atoms with Crippen LogP contribution in [0.15, 0.2) is 4.42 Å². The first kappa shape index (κ1) is 11.8. The Morgan fingerprint density at radius 1 is 1.47 bits per heavy atom. The van der Waals surface area contributed by atoms with E-state index in [0.29, 0.717) is 23.3 Å². The van der Waals surface area contributed by atoms with Gasteiger partial charge in [-0.2, -0.15) is 0 Å². The summed E-state index contributed by atoms with van der Waals surface area (Å²) in [6, 6.07) is 0. The van der Waals surface area contributed by atoms with Crippen molar-refractivity contribution in [3.8, 4) is 0 Å². The van der Waals surface area contributed by atoms with Gasteiger partial charge in [0.1, 0.15) is 12.2 Å². The van der Waals surface area contributed by atoms with Crippen LogP contribution in [0.2, 0.25) is 0 Å². The predicted molar refractivity (Wildman–Crippen MR) is 55.9 cm³/mol. The number of oxazole rings is 1. The lowest BCUT2D eigenvalue weighted by Gasteiger charge is -2.05. The lowest BCUT2D eigenvalue weighted by Crippen LogP contribution is -1.99. The molecule has 0 bridgehead atoms. The van der Waals surface area contributed by atoms with Crippen molar-refractivity contribution in [1.29, 1.82) is 0 Å². The highest BCUT2D eigenvalue weighted by Gasteiger charge is 2.17. The van der Waals surface area contributed by atoms with Gasteiger partial charge in [0.15, 0.2) is 5.89 Å². The number of carbonyl (C=O) groups is 1. The molecular formula is C11H17NO3. The largest absolute Gasteiger partial charge is 0.481 e. The van der Waals surface area contributed by atoms with Gasteiger partial charge in [0.2, 0.25) is 0 Å². The first-order valence-electron chi connectivity index (χ1n) is 5.26. The molecule has 4 heteroatoms. The molecule has 1 N–H and O–H groups in total. The van der Waals surface area contributed by atoms with Crippen molar-refractivity contribution >= 4 is 5.97 Å². The third kappa shape index (κ3) is 2.81. The van der Waals surface area contributed by atoms with E-state index in [-0.39, 0.29) is 6.42 Å². The summed E-state index contributed by atoms with van der Waals surface area (Å²) in [5.74, 6) is 0.565. The quantitative estimate of drug-likeness (QED) is 0.812. The number of aromatic nitrogens is 1. The Morgan fingerprint density at radius 3 is 2.53 bits per heavy atom. The molecular weight excluding hydrogens is 194 g/mol. The zero-order valence-corrected chi connectivity index (χ0v) is 9.41.